The lowest BCUT2D eigenvalue weighted by molar-refractivity contribution is 0.0858. The van der Waals surface area contributed by atoms with Crippen LogP contribution >= 0.6 is 15.9 Å². The van der Waals surface area contributed by atoms with E-state index in [1.54, 1.807) is 36.4 Å². The van der Waals surface area contributed by atoms with Crippen LogP contribution in [-0.2, 0) is 14.8 Å². The highest BCUT2D eigenvalue weighted by Gasteiger charge is 2.23. The van der Waals surface area contributed by atoms with E-state index in [1.165, 1.54) is 13.2 Å². The first-order valence-electron chi connectivity index (χ1n) is 8.76. The maximum atomic E-state index is 12.9. The number of carbonyl (C=O) groups is 1. The lowest BCUT2D eigenvalue weighted by atomic mass is 10.1. The minimum absolute atomic E-state index is 0.00117. The molecule has 150 valence electrons. The molecule has 2 aromatic rings. The summed E-state index contributed by atoms with van der Waals surface area (Å²) in [6.45, 7) is 1.09. The Morgan fingerprint density at radius 3 is 2.79 bits per heavy atom. The Labute approximate surface area is 172 Å². The van der Waals surface area contributed by atoms with E-state index in [4.69, 9.17) is 9.47 Å². The fourth-order valence-corrected chi connectivity index (χ4v) is 4.73. The summed E-state index contributed by atoms with van der Waals surface area (Å²) in [6, 6.07) is 11.1. The number of methoxy groups -OCH3 is 1. The number of rotatable bonds is 7. The summed E-state index contributed by atoms with van der Waals surface area (Å²) in [5.41, 5.74) is 0.424. The van der Waals surface area contributed by atoms with Gasteiger partial charge in [0.05, 0.1) is 24.5 Å². The zero-order valence-electron chi connectivity index (χ0n) is 15.3. The molecule has 1 heterocycles. The van der Waals surface area contributed by atoms with Crippen molar-refractivity contribution >= 4 is 37.5 Å². The summed E-state index contributed by atoms with van der Waals surface area (Å²) in [5.74, 6) is -0.161. The van der Waals surface area contributed by atoms with Crippen LogP contribution in [0.25, 0.3) is 0 Å². The molecule has 0 bridgehead atoms. The largest absolute Gasteiger partial charge is 0.495 e. The Hall–Kier alpha value is -2.10. The molecule has 9 heteroatoms. The van der Waals surface area contributed by atoms with Gasteiger partial charge in [0, 0.05) is 17.6 Å². The highest BCUT2D eigenvalue weighted by atomic mass is 79.9. The highest BCUT2D eigenvalue weighted by molar-refractivity contribution is 9.10. The first-order valence-corrected chi connectivity index (χ1v) is 11.0. The third kappa shape index (κ3) is 4.84. The van der Waals surface area contributed by atoms with Crippen molar-refractivity contribution in [2.75, 3.05) is 25.0 Å². The van der Waals surface area contributed by atoms with Gasteiger partial charge in [-0.1, -0.05) is 28.1 Å². The normalized spacial score (nSPS) is 16.6. The lowest BCUT2D eigenvalue weighted by Crippen LogP contribution is -2.32. The van der Waals surface area contributed by atoms with Gasteiger partial charge in [0.1, 0.15) is 10.6 Å². The number of nitrogens with one attached hydrogen (secondary N) is 2. The lowest BCUT2D eigenvalue weighted by Gasteiger charge is -2.15. The van der Waals surface area contributed by atoms with Crippen molar-refractivity contribution in [1.82, 2.24) is 5.32 Å². The number of benzene rings is 2. The van der Waals surface area contributed by atoms with E-state index >= 15 is 0 Å². The first kappa shape index (κ1) is 20.6. The molecule has 3 rings (SSSR count). The Morgan fingerprint density at radius 2 is 2.07 bits per heavy atom. The topological polar surface area (TPSA) is 93.7 Å². The maximum Gasteiger partial charge on any atom is 0.265 e. The van der Waals surface area contributed by atoms with Crippen LogP contribution in [0.3, 0.4) is 0 Å². The number of anilines is 1. The van der Waals surface area contributed by atoms with Crippen LogP contribution in [0.15, 0.2) is 51.8 Å². The number of para-hydroxylation sites is 1. The highest BCUT2D eigenvalue weighted by Crippen LogP contribution is 2.29. The van der Waals surface area contributed by atoms with Gasteiger partial charge in [0.2, 0.25) is 0 Å². The van der Waals surface area contributed by atoms with Gasteiger partial charge in [-0.2, -0.15) is 0 Å². The molecule has 7 nitrogen and oxygen atoms in total. The number of sulfonamides is 1. The van der Waals surface area contributed by atoms with Crippen molar-refractivity contribution in [2.45, 2.75) is 23.8 Å². The van der Waals surface area contributed by atoms with Crippen LogP contribution in [0, 0.1) is 0 Å². The van der Waals surface area contributed by atoms with Crippen LogP contribution in [0.4, 0.5) is 5.69 Å². The van der Waals surface area contributed by atoms with Gasteiger partial charge >= 0.3 is 0 Å². The minimum Gasteiger partial charge on any atom is -0.495 e. The number of amides is 1. The van der Waals surface area contributed by atoms with E-state index in [0.29, 0.717) is 17.6 Å². The molecule has 2 N–H and O–H groups in total. The zero-order valence-corrected chi connectivity index (χ0v) is 17.7. The molecule has 2 aromatic carbocycles. The van der Waals surface area contributed by atoms with E-state index in [-0.39, 0.29) is 33.9 Å². The minimum atomic E-state index is -3.97. The third-order valence-electron chi connectivity index (χ3n) is 4.35. The van der Waals surface area contributed by atoms with Crippen molar-refractivity contribution in [3.05, 3.63) is 52.5 Å². The summed E-state index contributed by atoms with van der Waals surface area (Å²) in [7, 11) is -2.58. The number of ether oxygens (including phenoxy) is 2. The molecule has 1 aliphatic heterocycles. The van der Waals surface area contributed by atoms with E-state index < -0.39 is 10.0 Å². The molecular weight excluding hydrogens is 448 g/mol. The van der Waals surface area contributed by atoms with Gasteiger partial charge in [-0.3, -0.25) is 9.52 Å². The molecule has 1 atom stereocenters. The molecule has 0 aromatic heterocycles. The quantitative estimate of drug-likeness (QED) is 0.650. The summed E-state index contributed by atoms with van der Waals surface area (Å²) < 4.78 is 39.6. The van der Waals surface area contributed by atoms with Crippen LogP contribution in [-0.4, -0.2) is 40.7 Å². The van der Waals surface area contributed by atoms with Crippen molar-refractivity contribution < 1.29 is 22.7 Å². The number of hydrogen-bond donors (Lipinski definition) is 2. The molecule has 0 spiro atoms. The Kier molecular flexibility index (Phi) is 6.58. The molecule has 1 fully saturated rings. The molecule has 1 saturated heterocycles. The smallest absolute Gasteiger partial charge is 0.265 e. The van der Waals surface area contributed by atoms with Gasteiger partial charge in [-0.05, 0) is 43.2 Å². The summed E-state index contributed by atoms with van der Waals surface area (Å²) in [5, 5.41) is 2.81. The van der Waals surface area contributed by atoms with Gasteiger partial charge in [-0.25, -0.2) is 8.42 Å². The monoisotopic (exact) mass is 468 g/mol. The Morgan fingerprint density at radius 1 is 1.29 bits per heavy atom. The second kappa shape index (κ2) is 8.93. The number of halogens is 1. The molecule has 0 saturated carbocycles. The second-order valence-electron chi connectivity index (χ2n) is 6.29. The fourth-order valence-electron chi connectivity index (χ4n) is 2.94. The molecular formula is C19H21BrN2O5S. The van der Waals surface area contributed by atoms with Crippen LogP contribution in [0.5, 0.6) is 5.75 Å². The van der Waals surface area contributed by atoms with Gasteiger partial charge in [0.15, 0.2) is 0 Å². The van der Waals surface area contributed by atoms with Gasteiger partial charge in [-0.15, -0.1) is 0 Å². The fraction of sp³-hybridized carbons (Fsp3) is 0.316. The van der Waals surface area contributed by atoms with Gasteiger partial charge < -0.3 is 14.8 Å². The van der Waals surface area contributed by atoms with E-state index in [1.807, 2.05) is 0 Å². The number of carbonyl (C=O) groups excluding carboxylic acids is 1. The van der Waals surface area contributed by atoms with Crippen LogP contribution < -0.4 is 14.8 Å². The van der Waals surface area contributed by atoms with Crippen molar-refractivity contribution in [3.8, 4) is 5.75 Å². The molecule has 1 amide bonds. The van der Waals surface area contributed by atoms with Crippen molar-refractivity contribution in [3.63, 3.8) is 0 Å². The molecule has 0 aliphatic carbocycles. The maximum absolute atomic E-state index is 12.9. The van der Waals surface area contributed by atoms with Crippen molar-refractivity contribution in [1.29, 1.82) is 0 Å². The second-order valence-corrected chi connectivity index (χ2v) is 8.86. The predicted molar refractivity (Wildman–Crippen MR) is 109 cm³/mol. The average Bonchev–Trinajstić information content (AvgIpc) is 3.20. The van der Waals surface area contributed by atoms with Crippen LogP contribution in [0.1, 0.15) is 23.2 Å². The summed E-state index contributed by atoms with van der Waals surface area (Å²) >= 11 is 3.27. The van der Waals surface area contributed by atoms with E-state index in [2.05, 4.69) is 26.0 Å². The third-order valence-corrected chi connectivity index (χ3v) is 6.23. The Bertz CT molecular complexity index is 959. The molecule has 1 unspecified atom stereocenters. The average molecular weight is 469 g/mol. The van der Waals surface area contributed by atoms with Crippen molar-refractivity contribution in [2.24, 2.45) is 0 Å². The predicted octanol–water partition coefficient (Wildman–Crippen LogP) is 3.17. The van der Waals surface area contributed by atoms with E-state index in [9.17, 15) is 13.2 Å². The first-order chi connectivity index (χ1) is 13.4. The zero-order chi connectivity index (χ0) is 20.1. The van der Waals surface area contributed by atoms with Gasteiger partial charge in [0.25, 0.3) is 15.9 Å². The standard InChI is InChI=1S/C19H21BrN2O5S/c1-26-17-9-8-13(20)11-18(17)28(24,25)22-16-7-3-2-6-15(16)19(23)21-12-14-5-4-10-27-14/h2-3,6-9,11,14,22H,4-5,10,12H2,1H3,(H,21,23). The molecule has 1 aliphatic rings. The summed E-state index contributed by atoms with van der Waals surface area (Å²) in [4.78, 5) is 12.6. The number of hydrogen-bond acceptors (Lipinski definition) is 5. The Balaban J connectivity index is 1.82. The van der Waals surface area contributed by atoms with Crippen LogP contribution in [0.2, 0.25) is 0 Å². The molecule has 0 radical (unpaired) electrons. The summed E-state index contributed by atoms with van der Waals surface area (Å²) in [6.07, 6.45) is 1.88. The SMILES string of the molecule is COc1ccc(Br)cc1S(=O)(=O)Nc1ccccc1C(=O)NCC1CCCO1. The van der Waals surface area contributed by atoms with E-state index in [0.717, 1.165) is 12.8 Å². The molecule has 28 heavy (non-hydrogen) atoms.